The molecule has 0 amide bonds. The molecule has 5 nitrogen and oxygen atoms in total. The SMILES string of the molecule is O=C(O)c1ncn2c1CN=C(c1ccccc1F)c1cc(Cl)ccc1-2. The Morgan fingerprint density at radius 3 is 2.76 bits per heavy atom. The molecular formula is C18H11ClFN3O2. The number of halogens is 2. The van der Waals surface area contributed by atoms with Crippen LogP contribution in [0.25, 0.3) is 5.69 Å². The van der Waals surface area contributed by atoms with Gasteiger partial charge in [-0.05, 0) is 30.3 Å². The molecule has 3 aromatic rings. The maximum Gasteiger partial charge on any atom is 0.356 e. The van der Waals surface area contributed by atoms with E-state index in [4.69, 9.17) is 11.6 Å². The van der Waals surface area contributed by atoms with E-state index in [9.17, 15) is 14.3 Å². The molecule has 0 aliphatic carbocycles. The summed E-state index contributed by atoms with van der Waals surface area (Å²) in [5.74, 6) is -1.54. The average Bonchev–Trinajstić information content (AvgIpc) is 2.94. The maximum atomic E-state index is 14.3. The van der Waals surface area contributed by atoms with Crippen molar-refractivity contribution in [3.8, 4) is 5.69 Å². The summed E-state index contributed by atoms with van der Waals surface area (Å²) in [5, 5.41) is 9.81. The van der Waals surface area contributed by atoms with Gasteiger partial charge < -0.3 is 5.11 Å². The quantitative estimate of drug-likeness (QED) is 0.762. The molecule has 0 fully saturated rings. The second-order valence-corrected chi connectivity index (χ2v) is 5.96. The predicted molar refractivity (Wildman–Crippen MR) is 91.3 cm³/mol. The van der Waals surface area contributed by atoms with Crippen LogP contribution in [-0.4, -0.2) is 26.3 Å². The number of hydrogen-bond acceptors (Lipinski definition) is 3. The second-order valence-electron chi connectivity index (χ2n) is 5.52. The van der Waals surface area contributed by atoms with E-state index in [1.807, 2.05) is 0 Å². The molecule has 2 aromatic carbocycles. The Balaban J connectivity index is 2.01. The van der Waals surface area contributed by atoms with Gasteiger partial charge in [-0.3, -0.25) is 9.56 Å². The lowest BCUT2D eigenvalue weighted by Crippen LogP contribution is -2.08. The molecule has 0 bridgehead atoms. The van der Waals surface area contributed by atoms with Crippen molar-refractivity contribution in [1.82, 2.24) is 9.55 Å². The van der Waals surface area contributed by atoms with Gasteiger partial charge in [-0.25, -0.2) is 14.2 Å². The highest BCUT2D eigenvalue weighted by atomic mass is 35.5. The molecule has 0 unspecified atom stereocenters. The smallest absolute Gasteiger partial charge is 0.356 e. The van der Waals surface area contributed by atoms with Crippen LogP contribution in [0.3, 0.4) is 0 Å². The lowest BCUT2D eigenvalue weighted by Gasteiger charge is -2.12. The van der Waals surface area contributed by atoms with Crippen molar-refractivity contribution < 1.29 is 14.3 Å². The lowest BCUT2D eigenvalue weighted by atomic mass is 10.00. The second kappa shape index (κ2) is 5.82. The van der Waals surface area contributed by atoms with Gasteiger partial charge >= 0.3 is 5.97 Å². The number of hydrogen-bond donors (Lipinski definition) is 1. The van der Waals surface area contributed by atoms with E-state index < -0.39 is 11.8 Å². The number of carboxylic acid groups (broad SMARTS) is 1. The number of benzene rings is 2. The van der Waals surface area contributed by atoms with Crippen molar-refractivity contribution in [1.29, 1.82) is 0 Å². The molecule has 1 aromatic heterocycles. The van der Waals surface area contributed by atoms with Crippen LogP contribution in [0.1, 0.15) is 27.3 Å². The van der Waals surface area contributed by atoms with Gasteiger partial charge in [0.1, 0.15) is 12.1 Å². The highest BCUT2D eigenvalue weighted by Gasteiger charge is 2.25. The first-order chi connectivity index (χ1) is 12.1. The van der Waals surface area contributed by atoms with Crippen molar-refractivity contribution >= 4 is 23.3 Å². The molecule has 0 saturated carbocycles. The van der Waals surface area contributed by atoms with Crippen LogP contribution >= 0.6 is 11.6 Å². The molecule has 0 radical (unpaired) electrons. The van der Waals surface area contributed by atoms with Crippen molar-refractivity contribution in [2.24, 2.45) is 4.99 Å². The monoisotopic (exact) mass is 355 g/mol. The Morgan fingerprint density at radius 2 is 2.00 bits per heavy atom. The molecular weight excluding hydrogens is 345 g/mol. The Hall–Kier alpha value is -2.99. The van der Waals surface area contributed by atoms with E-state index in [0.29, 0.717) is 33.2 Å². The van der Waals surface area contributed by atoms with Gasteiger partial charge in [0.25, 0.3) is 0 Å². The van der Waals surface area contributed by atoms with Crippen LogP contribution in [0.4, 0.5) is 4.39 Å². The zero-order chi connectivity index (χ0) is 17.6. The number of imidazole rings is 1. The predicted octanol–water partition coefficient (Wildman–Crippen LogP) is 3.71. The standard InChI is InChI=1S/C18H11ClFN3O2/c19-10-5-6-14-12(7-10)16(11-3-1-2-4-13(11)20)21-8-15-17(18(24)25)22-9-23(14)15/h1-7,9H,8H2,(H,24,25). The van der Waals surface area contributed by atoms with Gasteiger partial charge in [-0.15, -0.1) is 0 Å². The highest BCUT2D eigenvalue weighted by molar-refractivity contribution is 6.31. The van der Waals surface area contributed by atoms with Gasteiger partial charge in [0.2, 0.25) is 0 Å². The number of fused-ring (bicyclic) bond motifs is 3. The number of aliphatic imine (C=N–C) groups is 1. The Bertz CT molecular complexity index is 1040. The number of aromatic nitrogens is 2. The summed E-state index contributed by atoms with van der Waals surface area (Å²) < 4.78 is 16.0. The minimum absolute atomic E-state index is 0.0671. The molecule has 0 saturated heterocycles. The first kappa shape index (κ1) is 15.5. The number of aromatic carboxylic acids is 1. The third-order valence-electron chi connectivity index (χ3n) is 4.06. The van der Waals surface area contributed by atoms with Crippen LogP contribution in [0.5, 0.6) is 0 Å². The molecule has 0 atom stereocenters. The van der Waals surface area contributed by atoms with Crippen LogP contribution in [0, 0.1) is 5.82 Å². The number of carbonyl (C=O) groups is 1. The van der Waals surface area contributed by atoms with Crippen LogP contribution in [-0.2, 0) is 6.54 Å². The van der Waals surface area contributed by atoms with E-state index in [-0.39, 0.29) is 12.2 Å². The number of carboxylic acids is 1. The molecule has 4 rings (SSSR count). The van der Waals surface area contributed by atoms with Crippen LogP contribution in [0.15, 0.2) is 53.8 Å². The molecule has 7 heteroatoms. The minimum Gasteiger partial charge on any atom is -0.476 e. The van der Waals surface area contributed by atoms with Gasteiger partial charge in [-0.2, -0.15) is 0 Å². The summed E-state index contributed by atoms with van der Waals surface area (Å²) in [6, 6.07) is 11.4. The van der Waals surface area contributed by atoms with Gasteiger partial charge in [0, 0.05) is 16.1 Å². The van der Waals surface area contributed by atoms with Crippen molar-refractivity contribution in [2.45, 2.75) is 6.54 Å². The van der Waals surface area contributed by atoms with Crippen LogP contribution in [0.2, 0.25) is 5.02 Å². The molecule has 124 valence electrons. The minimum atomic E-state index is -1.13. The first-order valence-electron chi connectivity index (χ1n) is 7.45. The van der Waals surface area contributed by atoms with Gasteiger partial charge in [0.15, 0.2) is 5.69 Å². The van der Waals surface area contributed by atoms with E-state index in [1.165, 1.54) is 12.4 Å². The van der Waals surface area contributed by atoms with Crippen molar-refractivity contribution in [2.75, 3.05) is 0 Å². The third kappa shape index (κ3) is 2.51. The Morgan fingerprint density at radius 1 is 1.20 bits per heavy atom. The fourth-order valence-corrected chi connectivity index (χ4v) is 3.11. The summed E-state index contributed by atoms with van der Waals surface area (Å²) >= 11 is 6.14. The summed E-state index contributed by atoms with van der Waals surface area (Å²) in [7, 11) is 0. The highest BCUT2D eigenvalue weighted by Crippen LogP contribution is 2.29. The van der Waals surface area contributed by atoms with Crippen molar-refractivity contribution in [3.63, 3.8) is 0 Å². The lowest BCUT2D eigenvalue weighted by molar-refractivity contribution is 0.0689. The number of rotatable bonds is 2. The zero-order valence-electron chi connectivity index (χ0n) is 12.8. The molecule has 0 spiro atoms. The van der Waals surface area contributed by atoms with Gasteiger partial charge in [-0.1, -0.05) is 23.7 Å². The molecule has 1 aliphatic heterocycles. The topological polar surface area (TPSA) is 67.5 Å². The summed E-state index contributed by atoms with van der Waals surface area (Å²) in [6.07, 6.45) is 1.44. The first-order valence-corrected chi connectivity index (χ1v) is 7.83. The molecule has 25 heavy (non-hydrogen) atoms. The molecule has 1 aliphatic rings. The Labute approximate surface area is 147 Å². The van der Waals surface area contributed by atoms with Crippen LogP contribution < -0.4 is 0 Å². The zero-order valence-corrected chi connectivity index (χ0v) is 13.5. The van der Waals surface area contributed by atoms with E-state index in [2.05, 4.69) is 9.98 Å². The van der Waals surface area contributed by atoms with Gasteiger partial charge in [0.05, 0.1) is 23.6 Å². The summed E-state index contributed by atoms with van der Waals surface area (Å²) in [4.78, 5) is 19.9. The summed E-state index contributed by atoms with van der Waals surface area (Å²) in [5.41, 5.74) is 2.39. The van der Waals surface area contributed by atoms with E-state index in [0.717, 1.165) is 0 Å². The molecule has 1 N–H and O–H groups in total. The fraction of sp³-hybridized carbons (Fsp3) is 0.0556. The van der Waals surface area contributed by atoms with E-state index in [1.54, 1.807) is 41.0 Å². The number of nitrogens with zero attached hydrogens (tertiary/aromatic N) is 3. The molecule has 2 heterocycles. The average molecular weight is 356 g/mol. The fourth-order valence-electron chi connectivity index (χ4n) is 2.94. The summed E-state index contributed by atoms with van der Waals surface area (Å²) in [6.45, 7) is 0.0671. The third-order valence-corrected chi connectivity index (χ3v) is 4.29. The normalized spacial score (nSPS) is 12.8. The Kier molecular flexibility index (Phi) is 3.62. The maximum absolute atomic E-state index is 14.3. The largest absolute Gasteiger partial charge is 0.476 e. The van der Waals surface area contributed by atoms with Crippen molar-refractivity contribution in [3.05, 3.63) is 82.1 Å². The van der Waals surface area contributed by atoms with E-state index >= 15 is 0 Å².